The van der Waals surface area contributed by atoms with Crippen LogP contribution in [0.3, 0.4) is 0 Å². The van der Waals surface area contributed by atoms with Crippen LogP contribution in [0.1, 0.15) is 21.9 Å². The number of carbonyl (C=O) groups is 1. The van der Waals surface area contributed by atoms with E-state index in [4.69, 9.17) is 16.0 Å². The molecule has 0 saturated carbocycles. The molecule has 1 amide bonds. The molecular formula is C8H10ClNO2. The quantitative estimate of drug-likeness (QED) is 0.716. The van der Waals surface area contributed by atoms with E-state index < -0.39 is 0 Å². The Balaban J connectivity index is 2.96. The highest BCUT2D eigenvalue weighted by Gasteiger charge is 2.11. The first-order chi connectivity index (χ1) is 5.69. The standard InChI is InChI=1S/C8H10ClNO2/c1-5-6(4-9)3-7(12-5)8(11)10-2/h3H,4H2,1-2H3,(H,10,11). The van der Waals surface area contributed by atoms with Gasteiger partial charge in [-0.15, -0.1) is 11.6 Å². The van der Waals surface area contributed by atoms with Gasteiger partial charge in [0.1, 0.15) is 5.76 Å². The van der Waals surface area contributed by atoms with Gasteiger partial charge >= 0.3 is 0 Å². The number of alkyl halides is 1. The van der Waals surface area contributed by atoms with Gasteiger partial charge in [-0.1, -0.05) is 0 Å². The van der Waals surface area contributed by atoms with Crippen LogP contribution in [0.5, 0.6) is 0 Å². The number of carbonyl (C=O) groups excluding carboxylic acids is 1. The zero-order chi connectivity index (χ0) is 9.14. The van der Waals surface area contributed by atoms with E-state index in [1.165, 1.54) is 0 Å². The zero-order valence-corrected chi connectivity index (χ0v) is 7.73. The highest BCUT2D eigenvalue weighted by atomic mass is 35.5. The lowest BCUT2D eigenvalue weighted by Gasteiger charge is -1.91. The van der Waals surface area contributed by atoms with E-state index >= 15 is 0 Å². The summed E-state index contributed by atoms with van der Waals surface area (Å²) in [6, 6.07) is 1.65. The van der Waals surface area contributed by atoms with Gasteiger partial charge in [-0.05, 0) is 13.0 Å². The van der Waals surface area contributed by atoms with E-state index in [0.29, 0.717) is 17.4 Å². The van der Waals surface area contributed by atoms with Crippen LogP contribution in [-0.4, -0.2) is 13.0 Å². The monoisotopic (exact) mass is 187 g/mol. The van der Waals surface area contributed by atoms with Crippen molar-refractivity contribution in [1.29, 1.82) is 0 Å². The van der Waals surface area contributed by atoms with Crippen LogP contribution in [0.4, 0.5) is 0 Å². The SMILES string of the molecule is CNC(=O)c1cc(CCl)c(C)o1. The van der Waals surface area contributed by atoms with Gasteiger partial charge in [0.05, 0.1) is 5.88 Å². The molecule has 1 aromatic rings. The van der Waals surface area contributed by atoms with Crippen LogP contribution >= 0.6 is 11.6 Å². The average molecular weight is 188 g/mol. The molecule has 0 fully saturated rings. The van der Waals surface area contributed by atoms with Crippen molar-refractivity contribution in [3.8, 4) is 0 Å². The molecule has 1 heterocycles. The minimum absolute atomic E-state index is 0.227. The summed E-state index contributed by atoms with van der Waals surface area (Å²) in [5.74, 6) is 1.15. The van der Waals surface area contributed by atoms with Crippen molar-refractivity contribution in [1.82, 2.24) is 5.32 Å². The minimum Gasteiger partial charge on any atom is -0.456 e. The molecule has 3 nitrogen and oxygen atoms in total. The second-order valence-electron chi connectivity index (χ2n) is 2.40. The number of hydrogen-bond acceptors (Lipinski definition) is 2. The van der Waals surface area contributed by atoms with Crippen molar-refractivity contribution in [3.05, 3.63) is 23.2 Å². The second-order valence-corrected chi connectivity index (χ2v) is 2.67. The van der Waals surface area contributed by atoms with E-state index in [0.717, 1.165) is 5.56 Å². The summed E-state index contributed by atoms with van der Waals surface area (Å²) in [6.07, 6.45) is 0. The summed E-state index contributed by atoms with van der Waals surface area (Å²) in [7, 11) is 1.56. The van der Waals surface area contributed by atoms with Crippen LogP contribution in [0.2, 0.25) is 0 Å². The van der Waals surface area contributed by atoms with E-state index in [-0.39, 0.29) is 5.91 Å². The van der Waals surface area contributed by atoms with E-state index in [2.05, 4.69) is 5.32 Å². The van der Waals surface area contributed by atoms with Crippen molar-refractivity contribution in [3.63, 3.8) is 0 Å². The predicted octanol–water partition coefficient (Wildman–Crippen LogP) is 1.69. The molecule has 0 aliphatic heterocycles. The summed E-state index contributed by atoms with van der Waals surface area (Å²) >= 11 is 5.60. The van der Waals surface area contributed by atoms with Crippen molar-refractivity contribution < 1.29 is 9.21 Å². The summed E-state index contributed by atoms with van der Waals surface area (Å²) < 4.78 is 5.16. The molecular weight excluding hydrogens is 178 g/mol. The molecule has 0 atom stereocenters. The molecule has 0 spiro atoms. The van der Waals surface area contributed by atoms with E-state index in [1.54, 1.807) is 20.0 Å². The summed E-state index contributed by atoms with van der Waals surface area (Å²) in [6.45, 7) is 1.78. The summed E-state index contributed by atoms with van der Waals surface area (Å²) in [5.41, 5.74) is 0.857. The van der Waals surface area contributed by atoms with Gasteiger partial charge in [0.25, 0.3) is 5.91 Å². The Labute approximate surface area is 75.7 Å². The lowest BCUT2D eigenvalue weighted by Crippen LogP contribution is -2.16. The molecule has 66 valence electrons. The van der Waals surface area contributed by atoms with Gasteiger partial charge in [0.2, 0.25) is 0 Å². The van der Waals surface area contributed by atoms with E-state index in [1.807, 2.05) is 0 Å². The third kappa shape index (κ3) is 1.61. The van der Waals surface area contributed by atoms with E-state index in [9.17, 15) is 4.79 Å². The highest BCUT2D eigenvalue weighted by Crippen LogP contribution is 2.16. The Kier molecular flexibility index (Phi) is 2.76. The third-order valence-electron chi connectivity index (χ3n) is 1.62. The molecule has 0 bridgehead atoms. The van der Waals surface area contributed by atoms with Gasteiger partial charge < -0.3 is 9.73 Å². The Morgan fingerprint density at radius 2 is 2.42 bits per heavy atom. The fourth-order valence-corrected chi connectivity index (χ4v) is 1.15. The zero-order valence-electron chi connectivity index (χ0n) is 6.98. The number of hydrogen-bond donors (Lipinski definition) is 1. The number of rotatable bonds is 2. The maximum absolute atomic E-state index is 11.0. The molecule has 0 saturated heterocycles. The van der Waals surface area contributed by atoms with Gasteiger partial charge in [0, 0.05) is 12.6 Å². The van der Waals surface area contributed by atoms with Crippen molar-refractivity contribution >= 4 is 17.5 Å². The van der Waals surface area contributed by atoms with Crippen LogP contribution in [0.25, 0.3) is 0 Å². The maximum atomic E-state index is 11.0. The van der Waals surface area contributed by atoms with Crippen LogP contribution < -0.4 is 5.32 Å². The largest absolute Gasteiger partial charge is 0.456 e. The average Bonchev–Trinajstić information content (AvgIpc) is 2.45. The Morgan fingerprint density at radius 1 is 1.75 bits per heavy atom. The van der Waals surface area contributed by atoms with Crippen LogP contribution in [0.15, 0.2) is 10.5 Å². The Bertz CT molecular complexity index is 293. The summed E-state index contributed by atoms with van der Waals surface area (Å²) in [5, 5.41) is 2.47. The van der Waals surface area contributed by atoms with Crippen LogP contribution in [-0.2, 0) is 5.88 Å². The number of nitrogens with one attached hydrogen (secondary N) is 1. The van der Waals surface area contributed by atoms with Crippen molar-refractivity contribution in [2.45, 2.75) is 12.8 Å². The number of halogens is 1. The van der Waals surface area contributed by atoms with Gasteiger partial charge in [-0.3, -0.25) is 4.79 Å². The lowest BCUT2D eigenvalue weighted by molar-refractivity contribution is 0.0934. The Hall–Kier alpha value is -0.960. The fraction of sp³-hybridized carbons (Fsp3) is 0.375. The normalized spacial score (nSPS) is 9.92. The molecule has 0 unspecified atom stereocenters. The smallest absolute Gasteiger partial charge is 0.286 e. The number of aryl methyl sites for hydroxylation is 1. The topological polar surface area (TPSA) is 42.2 Å². The van der Waals surface area contributed by atoms with Crippen molar-refractivity contribution in [2.24, 2.45) is 0 Å². The number of furan rings is 1. The van der Waals surface area contributed by atoms with Crippen molar-refractivity contribution in [2.75, 3.05) is 7.05 Å². The van der Waals surface area contributed by atoms with Gasteiger partial charge in [0.15, 0.2) is 5.76 Å². The Morgan fingerprint density at radius 3 is 2.83 bits per heavy atom. The maximum Gasteiger partial charge on any atom is 0.286 e. The minimum atomic E-state index is -0.227. The predicted molar refractivity (Wildman–Crippen MR) is 46.4 cm³/mol. The molecule has 4 heteroatoms. The first-order valence-corrected chi connectivity index (χ1v) is 4.10. The third-order valence-corrected chi connectivity index (χ3v) is 1.90. The summed E-state index contributed by atoms with van der Waals surface area (Å²) in [4.78, 5) is 11.0. The molecule has 1 N–H and O–H groups in total. The molecule has 0 radical (unpaired) electrons. The second kappa shape index (κ2) is 3.63. The van der Waals surface area contributed by atoms with Crippen LogP contribution in [0, 0.1) is 6.92 Å². The lowest BCUT2D eigenvalue weighted by atomic mass is 10.3. The first kappa shape index (κ1) is 9.13. The van der Waals surface area contributed by atoms with Gasteiger partial charge in [-0.25, -0.2) is 0 Å². The van der Waals surface area contributed by atoms with Gasteiger partial charge in [-0.2, -0.15) is 0 Å². The highest BCUT2D eigenvalue weighted by molar-refractivity contribution is 6.17. The molecule has 0 aliphatic rings. The molecule has 12 heavy (non-hydrogen) atoms. The molecule has 0 aromatic carbocycles. The number of amides is 1. The molecule has 1 aromatic heterocycles. The first-order valence-electron chi connectivity index (χ1n) is 3.56. The molecule has 1 rings (SSSR count). The molecule has 0 aliphatic carbocycles. The fourth-order valence-electron chi connectivity index (χ4n) is 0.888.